The number of carbonyl (C=O) groups is 1. The van der Waals surface area contributed by atoms with E-state index in [2.05, 4.69) is 25.7 Å². The lowest BCUT2D eigenvalue weighted by molar-refractivity contribution is -0.119. The first-order valence-corrected chi connectivity index (χ1v) is 5.82. The van der Waals surface area contributed by atoms with Gasteiger partial charge in [0.2, 0.25) is 5.91 Å². The van der Waals surface area contributed by atoms with E-state index in [1.807, 2.05) is 24.3 Å². The number of halogens is 1. The molecule has 1 aromatic rings. The van der Waals surface area contributed by atoms with E-state index in [1.165, 1.54) is 0 Å². The molecule has 0 heterocycles. The van der Waals surface area contributed by atoms with Gasteiger partial charge in [0.15, 0.2) is 0 Å². The highest BCUT2D eigenvalue weighted by Crippen LogP contribution is 2.19. The molecule has 4 heteroatoms. The Balaban J connectivity index is 0.00000289. The highest BCUT2D eigenvalue weighted by Gasteiger charge is 2.17. The van der Waals surface area contributed by atoms with Crippen molar-refractivity contribution in [2.75, 3.05) is 5.32 Å². The van der Waals surface area contributed by atoms with Crippen LogP contribution < -0.4 is 11.1 Å². The molecule has 0 saturated heterocycles. The first-order chi connectivity index (χ1) is 8.04. The maximum atomic E-state index is 11.4. The Labute approximate surface area is 115 Å². The molecule has 0 fully saturated rings. The average molecular weight is 269 g/mol. The van der Waals surface area contributed by atoms with Crippen LogP contribution in [-0.2, 0) is 4.79 Å². The lowest BCUT2D eigenvalue weighted by atomic mass is 10.0. The summed E-state index contributed by atoms with van der Waals surface area (Å²) in [5, 5.41) is 3.18. The molecule has 18 heavy (non-hydrogen) atoms. The minimum atomic E-state index is -0.337. The van der Waals surface area contributed by atoms with Crippen LogP contribution in [0, 0.1) is 5.92 Å². The lowest BCUT2D eigenvalue weighted by Crippen LogP contribution is -2.36. The summed E-state index contributed by atoms with van der Waals surface area (Å²) >= 11 is 0. The third-order valence-electron chi connectivity index (χ3n) is 2.56. The van der Waals surface area contributed by atoms with Gasteiger partial charge in [-0.3, -0.25) is 4.79 Å². The number of nitrogens with one attached hydrogen (secondary N) is 1. The van der Waals surface area contributed by atoms with Gasteiger partial charge in [-0.15, -0.1) is 12.4 Å². The summed E-state index contributed by atoms with van der Waals surface area (Å²) in [4.78, 5) is 11.4. The predicted octanol–water partition coefficient (Wildman–Crippen LogP) is 3.06. The Bertz CT molecular complexity index is 405. The van der Waals surface area contributed by atoms with Crippen molar-refractivity contribution < 1.29 is 4.79 Å². The minimum absolute atomic E-state index is 0. The SMILES string of the molecule is C=Cc1ccccc1NC(CC(C)C)C(N)=O.Cl. The molecule has 1 rings (SSSR count). The molecule has 0 spiro atoms. The molecule has 0 saturated carbocycles. The molecule has 3 nitrogen and oxygen atoms in total. The van der Waals surface area contributed by atoms with Crippen molar-refractivity contribution in [3.05, 3.63) is 36.4 Å². The van der Waals surface area contributed by atoms with Crippen LogP contribution >= 0.6 is 12.4 Å². The van der Waals surface area contributed by atoms with Crippen LogP contribution in [0.15, 0.2) is 30.8 Å². The number of hydrogen-bond acceptors (Lipinski definition) is 2. The third kappa shape index (κ3) is 4.80. The number of carbonyl (C=O) groups excluding carboxylic acids is 1. The number of primary amides is 1. The first-order valence-electron chi connectivity index (χ1n) is 5.82. The number of hydrogen-bond donors (Lipinski definition) is 2. The van der Waals surface area contributed by atoms with Gasteiger partial charge in [-0.2, -0.15) is 0 Å². The number of benzene rings is 1. The molecule has 100 valence electrons. The van der Waals surface area contributed by atoms with Crippen LogP contribution in [0.1, 0.15) is 25.8 Å². The van der Waals surface area contributed by atoms with Gasteiger partial charge < -0.3 is 11.1 Å². The summed E-state index contributed by atoms with van der Waals surface area (Å²) in [6.07, 6.45) is 2.48. The van der Waals surface area contributed by atoms with E-state index in [0.717, 1.165) is 17.7 Å². The summed E-state index contributed by atoms with van der Waals surface area (Å²) < 4.78 is 0. The van der Waals surface area contributed by atoms with Crippen molar-refractivity contribution in [2.45, 2.75) is 26.3 Å². The topological polar surface area (TPSA) is 55.1 Å². The average Bonchev–Trinajstić information content (AvgIpc) is 2.28. The summed E-state index contributed by atoms with van der Waals surface area (Å²) in [6.45, 7) is 7.88. The molecule has 1 atom stereocenters. The van der Waals surface area contributed by atoms with E-state index in [9.17, 15) is 4.79 Å². The fraction of sp³-hybridized carbons (Fsp3) is 0.357. The Hall–Kier alpha value is -1.48. The van der Waals surface area contributed by atoms with Crippen molar-refractivity contribution in [1.29, 1.82) is 0 Å². The second-order valence-corrected chi connectivity index (χ2v) is 4.52. The number of para-hydroxylation sites is 1. The van der Waals surface area contributed by atoms with E-state index >= 15 is 0 Å². The van der Waals surface area contributed by atoms with Gasteiger partial charge in [0.05, 0.1) is 0 Å². The monoisotopic (exact) mass is 268 g/mol. The molecule has 3 N–H and O–H groups in total. The van der Waals surface area contributed by atoms with Crippen LogP contribution in [-0.4, -0.2) is 11.9 Å². The van der Waals surface area contributed by atoms with Crippen molar-refractivity contribution in [1.82, 2.24) is 0 Å². The van der Waals surface area contributed by atoms with Gasteiger partial charge in [0.25, 0.3) is 0 Å². The van der Waals surface area contributed by atoms with Crippen molar-refractivity contribution in [2.24, 2.45) is 11.7 Å². The maximum Gasteiger partial charge on any atom is 0.239 e. The molecular formula is C14H21ClN2O. The van der Waals surface area contributed by atoms with Gasteiger partial charge in [-0.05, 0) is 24.0 Å². The quantitative estimate of drug-likeness (QED) is 0.833. The zero-order valence-electron chi connectivity index (χ0n) is 10.8. The summed E-state index contributed by atoms with van der Waals surface area (Å²) in [6, 6.07) is 7.39. The standard InChI is InChI=1S/C14H20N2O.ClH/c1-4-11-7-5-6-8-12(11)16-13(14(15)17)9-10(2)3;/h4-8,10,13,16H,1,9H2,2-3H3,(H2,15,17);1H. The van der Waals surface area contributed by atoms with Crippen LogP contribution in [0.4, 0.5) is 5.69 Å². The Morgan fingerprint density at radius 2 is 2.06 bits per heavy atom. The van der Waals surface area contributed by atoms with Gasteiger partial charge in [-0.25, -0.2) is 0 Å². The Morgan fingerprint density at radius 3 is 2.56 bits per heavy atom. The molecule has 1 unspecified atom stereocenters. The van der Waals surface area contributed by atoms with E-state index in [0.29, 0.717) is 5.92 Å². The van der Waals surface area contributed by atoms with Gasteiger partial charge in [0.1, 0.15) is 6.04 Å². The Morgan fingerprint density at radius 1 is 1.44 bits per heavy atom. The van der Waals surface area contributed by atoms with Crippen molar-refractivity contribution in [3.63, 3.8) is 0 Å². The van der Waals surface area contributed by atoms with Crippen molar-refractivity contribution >= 4 is 30.1 Å². The number of rotatable bonds is 6. The summed E-state index contributed by atoms with van der Waals surface area (Å²) in [5.41, 5.74) is 7.27. The second kappa shape index (κ2) is 7.77. The third-order valence-corrected chi connectivity index (χ3v) is 2.56. The second-order valence-electron chi connectivity index (χ2n) is 4.52. The van der Waals surface area contributed by atoms with E-state index < -0.39 is 0 Å². The van der Waals surface area contributed by atoms with E-state index in [-0.39, 0.29) is 24.4 Å². The highest BCUT2D eigenvalue weighted by molar-refractivity contribution is 5.85. The van der Waals surface area contributed by atoms with Gasteiger partial charge >= 0.3 is 0 Å². The fourth-order valence-electron chi connectivity index (χ4n) is 1.71. The summed E-state index contributed by atoms with van der Waals surface area (Å²) in [5.74, 6) is 0.0912. The minimum Gasteiger partial charge on any atom is -0.373 e. The lowest BCUT2D eigenvalue weighted by Gasteiger charge is -2.19. The zero-order valence-corrected chi connectivity index (χ0v) is 11.7. The number of anilines is 1. The molecule has 0 aromatic heterocycles. The predicted molar refractivity (Wildman–Crippen MR) is 79.8 cm³/mol. The molecule has 1 amide bonds. The van der Waals surface area contributed by atoms with Crippen LogP contribution in [0.5, 0.6) is 0 Å². The number of nitrogens with two attached hydrogens (primary N) is 1. The highest BCUT2D eigenvalue weighted by atomic mass is 35.5. The fourth-order valence-corrected chi connectivity index (χ4v) is 1.71. The maximum absolute atomic E-state index is 11.4. The van der Waals surface area contributed by atoms with Crippen LogP contribution in [0.2, 0.25) is 0 Å². The molecular weight excluding hydrogens is 248 g/mol. The van der Waals surface area contributed by atoms with Crippen LogP contribution in [0.3, 0.4) is 0 Å². The molecule has 0 aliphatic heterocycles. The molecule has 0 aliphatic carbocycles. The van der Waals surface area contributed by atoms with Gasteiger partial charge in [0, 0.05) is 5.69 Å². The normalized spacial score (nSPS) is 11.5. The van der Waals surface area contributed by atoms with Crippen LogP contribution in [0.25, 0.3) is 6.08 Å². The van der Waals surface area contributed by atoms with Crippen molar-refractivity contribution in [3.8, 4) is 0 Å². The molecule has 0 bridgehead atoms. The molecule has 1 aromatic carbocycles. The summed E-state index contributed by atoms with van der Waals surface area (Å²) in [7, 11) is 0. The van der Waals surface area contributed by atoms with E-state index in [1.54, 1.807) is 6.08 Å². The van der Waals surface area contributed by atoms with E-state index in [4.69, 9.17) is 5.73 Å². The number of amides is 1. The smallest absolute Gasteiger partial charge is 0.239 e. The Kier molecular flexibility index (Phi) is 7.13. The first kappa shape index (κ1) is 16.5. The molecule has 0 aliphatic rings. The van der Waals surface area contributed by atoms with Gasteiger partial charge in [-0.1, -0.05) is 44.7 Å². The molecule has 0 radical (unpaired) electrons. The zero-order chi connectivity index (χ0) is 12.8. The largest absolute Gasteiger partial charge is 0.373 e.